The maximum Gasteiger partial charge on any atom is 0.164 e. The number of nitrogen functional groups attached to an aromatic ring is 1. The molecule has 2 aromatic rings. The molecule has 5 heteroatoms. The highest BCUT2D eigenvalue weighted by molar-refractivity contribution is 9.10. The van der Waals surface area contributed by atoms with Crippen LogP contribution in [0.3, 0.4) is 0 Å². The molecule has 0 amide bonds. The number of hydrogen-bond acceptors (Lipinski definition) is 2. The fraction of sp³-hybridized carbons (Fsp3) is 0. The lowest BCUT2D eigenvalue weighted by Gasteiger charge is -2.10. The van der Waals surface area contributed by atoms with Crippen LogP contribution >= 0.6 is 39.1 Å². The first-order valence-electron chi connectivity index (χ1n) is 4.74. The summed E-state index contributed by atoms with van der Waals surface area (Å²) in [5.74, 6) is 1.06. The molecule has 2 N–H and O–H groups in total. The summed E-state index contributed by atoms with van der Waals surface area (Å²) >= 11 is 15.4. The van der Waals surface area contributed by atoms with Crippen molar-refractivity contribution in [1.82, 2.24) is 0 Å². The minimum atomic E-state index is 0.432. The van der Waals surface area contributed by atoms with E-state index in [-0.39, 0.29) is 0 Å². The van der Waals surface area contributed by atoms with Crippen molar-refractivity contribution in [2.45, 2.75) is 0 Å². The molecule has 0 saturated carbocycles. The van der Waals surface area contributed by atoms with Gasteiger partial charge in [0.15, 0.2) is 5.75 Å². The van der Waals surface area contributed by atoms with E-state index in [2.05, 4.69) is 15.9 Å². The third kappa shape index (κ3) is 3.06. The van der Waals surface area contributed by atoms with E-state index in [1.165, 1.54) is 0 Å². The summed E-state index contributed by atoms with van der Waals surface area (Å²) in [4.78, 5) is 0. The second-order valence-corrected chi connectivity index (χ2v) is 5.10. The zero-order valence-electron chi connectivity index (χ0n) is 8.58. The Balaban J connectivity index is 2.33. The lowest BCUT2D eigenvalue weighted by atomic mass is 10.3. The van der Waals surface area contributed by atoms with Gasteiger partial charge in [-0.05, 0) is 36.4 Å². The quantitative estimate of drug-likeness (QED) is 0.773. The summed E-state index contributed by atoms with van der Waals surface area (Å²) in [6.07, 6.45) is 0. The molecular formula is C12H8BrCl2NO. The first kappa shape index (κ1) is 12.6. The topological polar surface area (TPSA) is 35.2 Å². The Hall–Kier alpha value is -0.900. The van der Waals surface area contributed by atoms with Crippen LogP contribution in [0.5, 0.6) is 11.5 Å². The van der Waals surface area contributed by atoms with E-state index < -0.39 is 0 Å². The molecule has 0 unspecified atom stereocenters. The molecule has 2 rings (SSSR count). The Morgan fingerprint density at radius 3 is 2.06 bits per heavy atom. The molecule has 0 aliphatic carbocycles. The van der Waals surface area contributed by atoms with Gasteiger partial charge >= 0.3 is 0 Å². The first-order valence-corrected chi connectivity index (χ1v) is 6.29. The van der Waals surface area contributed by atoms with Crippen molar-refractivity contribution in [2.24, 2.45) is 0 Å². The second-order valence-electron chi connectivity index (χ2n) is 3.37. The predicted molar refractivity (Wildman–Crippen MR) is 75.1 cm³/mol. The van der Waals surface area contributed by atoms with Gasteiger partial charge in [-0.15, -0.1) is 0 Å². The smallest absolute Gasteiger partial charge is 0.164 e. The van der Waals surface area contributed by atoms with Crippen LogP contribution in [0.2, 0.25) is 10.0 Å². The summed E-state index contributed by atoms with van der Waals surface area (Å²) in [6.45, 7) is 0. The SMILES string of the molecule is Nc1ccc(Oc2c(Cl)cc(Br)cc2Cl)cc1. The number of benzene rings is 2. The molecular weight excluding hydrogens is 325 g/mol. The van der Waals surface area contributed by atoms with Gasteiger partial charge in [0.05, 0.1) is 10.0 Å². The molecule has 0 bridgehead atoms. The van der Waals surface area contributed by atoms with E-state index in [1.807, 2.05) is 0 Å². The number of anilines is 1. The van der Waals surface area contributed by atoms with E-state index in [0.29, 0.717) is 27.2 Å². The van der Waals surface area contributed by atoms with Crippen LogP contribution in [0, 0.1) is 0 Å². The van der Waals surface area contributed by atoms with Crippen LogP contribution in [0.15, 0.2) is 40.9 Å². The maximum atomic E-state index is 6.05. The molecule has 88 valence electrons. The van der Waals surface area contributed by atoms with Crippen LogP contribution in [0.1, 0.15) is 0 Å². The van der Waals surface area contributed by atoms with Gasteiger partial charge in [0.25, 0.3) is 0 Å². The van der Waals surface area contributed by atoms with Crippen LogP contribution in [0.4, 0.5) is 5.69 Å². The molecule has 0 radical (unpaired) electrons. The molecule has 0 aromatic heterocycles. The van der Waals surface area contributed by atoms with E-state index in [9.17, 15) is 0 Å². The van der Waals surface area contributed by atoms with Crippen molar-refractivity contribution >= 4 is 44.8 Å². The number of nitrogens with two attached hydrogens (primary N) is 1. The predicted octanol–water partition coefficient (Wildman–Crippen LogP) is 5.13. The summed E-state index contributed by atoms with van der Waals surface area (Å²) in [5.41, 5.74) is 6.26. The van der Waals surface area contributed by atoms with Crippen LogP contribution in [-0.4, -0.2) is 0 Å². The highest BCUT2D eigenvalue weighted by Crippen LogP contribution is 2.38. The largest absolute Gasteiger partial charge is 0.454 e. The van der Waals surface area contributed by atoms with Crippen LogP contribution in [0.25, 0.3) is 0 Å². The third-order valence-electron chi connectivity index (χ3n) is 2.06. The molecule has 2 nitrogen and oxygen atoms in total. The Morgan fingerprint density at radius 2 is 1.53 bits per heavy atom. The van der Waals surface area contributed by atoms with Crippen molar-refractivity contribution in [3.63, 3.8) is 0 Å². The fourth-order valence-corrected chi connectivity index (χ4v) is 2.57. The molecule has 0 aliphatic rings. The average molecular weight is 333 g/mol. The van der Waals surface area contributed by atoms with Crippen molar-refractivity contribution in [3.05, 3.63) is 50.9 Å². The van der Waals surface area contributed by atoms with Gasteiger partial charge in [-0.3, -0.25) is 0 Å². The zero-order valence-corrected chi connectivity index (χ0v) is 11.7. The Kier molecular flexibility index (Phi) is 3.82. The van der Waals surface area contributed by atoms with Gasteiger partial charge in [-0.25, -0.2) is 0 Å². The Morgan fingerprint density at radius 1 is 1.00 bits per heavy atom. The van der Waals surface area contributed by atoms with Crippen molar-refractivity contribution < 1.29 is 4.74 Å². The van der Waals surface area contributed by atoms with Crippen molar-refractivity contribution in [2.75, 3.05) is 5.73 Å². The molecule has 2 aromatic carbocycles. The lowest BCUT2D eigenvalue weighted by Crippen LogP contribution is -1.88. The van der Waals surface area contributed by atoms with E-state index in [4.69, 9.17) is 33.7 Å². The molecule has 0 aliphatic heterocycles. The van der Waals surface area contributed by atoms with Gasteiger partial charge in [0, 0.05) is 10.2 Å². The van der Waals surface area contributed by atoms with Gasteiger partial charge in [0.2, 0.25) is 0 Å². The summed E-state index contributed by atoms with van der Waals surface area (Å²) < 4.78 is 6.41. The normalized spacial score (nSPS) is 10.3. The number of ether oxygens (including phenoxy) is 1. The number of halogens is 3. The standard InChI is InChI=1S/C12H8BrCl2NO/c13-7-5-10(14)12(11(15)6-7)17-9-3-1-8(16)2-4-9/h1-6H,16H2. The Bertz CT molecular complexity index is 520. The summed E-state index contributed by atoms with van der Waals surface area (Å²) in [6, 6.07) is 10.4. The molecule has 0 heterocycles. The zero-order chi connectivity index (χ0) is 12.4. The molecule has 17 heavy (non-hydrogen) atoms. The highest BCUT2D eigenvalue weighted by Gasteiger charge is 2.09. The van der Waals surface area contributed by atoms with E-state index in [0.717, 1.165) is 4.47 Å². The van der Waals surface area contributed by atoms with Gasteiger partial charge in [-0.2, -0.15) is 0 Å². The Labute approximate surface area is 117 Å². The monoisotopic (exact) mass is 331 g/mol. The van der Waals surface area contributed by atoms with Gasteiger partial charge in [-0.1, -0.05) is 39.1 Å². The minimum Gasteiger partial charge on any atom is -0.454 e. The molecule has 0 fully saturated rings. The van der Waals surface area contributed by atoms with Crippen LogP contribution < -0.4 is 10.5 Å². The van der Waals surface area contributed by atoms with Gasteiger partial charge in [0.1, 0.15) is 5.75 Å². The number of hydrogen-bond donors (Lipinski definition) is 1. The maximum absolute atomic E-state index is 6.05. The van der Waals surface area contributed by atoms with E-state index >= 15 is 0 Å². The minimum absolute atomic E-state index is 0.432. The summed E-state index contributed by atoms with van der Waals surface area (Å²) in [7, 11) is 0. The first-order chi connectivity index (χ1) is 8.06. The van der Waals surface area contributed by atoms with Crippen molar-refractivity contribution in [3.8, 4) is 11.5 Å². The van der Waals surface area contributed by atoms with E-state index in [1.54, 1.807) is 36.4 Å². The number of rotatable bonds is 2. The summed E-state index contributed by atoms with van der Waals surface area (Å²) in [5, 5.41) is 0.891. The highest BCUT2D eigenvalue weighted by atomic mass is 79.9. The third-order valence-corrected chi connectivity index (χ3v) is 3.08. The second kappa shape index (κ2) is 5.17. The van der Waals surface area contributed by atoms with Crippen molar-refractivity contribution in [1.29, 1.82) is 0 Å². The molecule has 0 spiro atoms. The lowest BCUT2D eigenvalue weighted by molar-refractivity contribution is 0.483. The average Bonchev–Trinajstić information content (AvgIpc) is 2.26. The van der Waals surface area contributed by atoms with Crippen LogP contribution in [-0.2, 0) is 0 Å². The molecule has 0 atom stereocenters. The van der Waals surface area contributed by atoms with Gasteiger partial charge < -0.3 is 10.5 Å². The molecule has 0 saturated heterocycles. The fourth-order valence-electron chi connectivity index (χ4n) is 1.28.